The van der Waals surface area contributed by atoms with Crippen molar-refractivity contribution < 1.29 is 34.2 Å². The van der Waals surface area contributed by atoms with E-state index in [-0.39, 0.29) is 24.2 Å². The minimum absolute atomic E-state index is 0.00329. The minimum atomic E-state index is -2.75. The maximum Gasteiger partial charge on any atom is 0.235 e. The van der Waals surface area contributed by atoms with Crippen molar-refractivity contribution in [1.29, 1.82) is 0 Å². The van der Waals surface area contributed by atoms with Crippen LogP contribution in [0.4, 0.5) is 0 Å². The Morgan fingerprint density at radius 2 is 1.59 bits per heavy atom. The molecular formula is C36H37N3O7. The van der Waals surface area contributed by atoms with Crippen molar-refractivity contribution >= 4 is 29.0 Å². The van der Waals surface area contributed by atoms with E-state index in [1.165, 1.54) is 16.5 Å². The summed E-state index contributed by atoms with van der Waals surface area (Å²) in [5, 5.41) is 22.7. The summed E-state index contributed by atoms with van der Waals surface area (Å²) >= 11 is 0. The highest BCUT2D eigenvalue weighted by Crippen LogP contribution is 2.51. The van der Waals surface area contributed by atoms with Crippen LogP contribution < -0.4 is 5.73 Å². The van der Waals surface area contributed by atoms with Crippen LogP contribution in [0.2, 0.25) is 0 Å². The number of rotatable bonds is 7. The summed E-state index contributed by atoms with van der Waals surface area (Å²) in [6.07, 6.45) is 0.205. The summed E-state index contributed by atoms with van der Waals surface area (Å²) in [5.74, 6) is -10.6. The monoisotopic (exact) mass is 623 g/mol. The Hall–Kier alpha value is -4.51. The average molecular weight is 624 g/mol. The zero-order valence-corrected chi connectivity index (χ0v) is 26.0. The Kier molecular flexibility index (Phi) is 8.00. The van der Waals surface area contributed by atoms with Gasteiger partial charge in [0, 0.05) is 19.0 Å². The van der Waals surface area contributed by atoms with Crippen molar-refractivity contribution in [3.63, 3.8) is 0 Å². The quantitative estimate of drug-likeness (QED) is 0.336. The number of nitrogens with two attached hydrogens (primary N) is 1. The number of hydrogen-bond acceptors (Lipinski definition) is 9. The van der Waals surface area contributed by atoms with Crippen LogP contribution in [-0.2, 0) is 38.7 Å². The largest absolute Gasteiger partial charge is 0.507 e. The molecule has 0 heterocycles. The van der Waals surface area contributed by atoms with E-state index in [4.69, 9.17) is 5.73 Å². The van der Waals surface area contributed by atoms with Gasteiger partial charge in [0.2, 0.25) is 5.91 Å². The number of carbonyl (C=O) groups excluding carboxylic acids is 5. The van der Waals surface area contributed by atoms with Gasteiger partial charge < -0.3 is 15.9 Å². The minimum Gasteiger partial charge on any atom is -0.507 e. The van der Waals surface area contributed by atoms with Gasteiger partial charge in [-0.15, -0.1) is 0 Å². The molecule has 6 rings (SSSR count). The molecule has 1 amide bonds. The third-order valence-corrected chi connectivity index (χ3v) is 9.93. The van der Waals surface area contributed by atoms with E-state index in [1.807, 2.05) is 49.5 Å². The van der Waals surface area contributed by atoms with Crippen LogP contribution in [0.3, 0.4) is 0 Å². The van der Waals surface area contributed by atoms with E-state index in [0.717, 1.165) is 23.2 Å². The summed E-state index contributed by atoms with van der Waals surface area (Å²) in [4.78, 5) is 70.9. The fourth-order valence-corrected chi connectivity index (χ4v) is 7.98. The second-order valence-corrected chi connectivity index (χ2v) is 13.1. The van der Waals surface area contributed by atoms with Gasteiger partial charge in [0.05, 0.1) is 17.5 Å². The molecule has 6 atom stereocenters. The predicted octanol–water partition coefficient (Wildman–Crippen LogP) is 2.17. The number of hydrogen-bond donors (Lipinski definition) is 3. The Balaban J connectivity index is 1.37. The third-order valence-electron chi connectivity index (χ3n) is 9.93. The molecule has 2 saturated carbocycles. The summed E-state index contributed by atoms with van der Waals surface area (Å²) in [7, 11) is 5.17. The first-order chi connectivity index (χ1) is 21.8. The van der Waals surface area contributed by atoms with Gasteiger partial charge in [0.1, 0.15) is 5.75 Å². The molecular weight excluding hydrogens is 586 g/mol. The smallest absolute Gasteiger partial charge is 0.235 e. The van der Waals surface area contributed by atoms with E-state index in [0.29, 0.717) is 12.1 Å². The number of likely N-dealkylation sites (N-methyl/N-ethyl adjacent to an activating group) is 1. The second kappa shape index (κ2) is 11.7. The maximum atomic E-state index is 14.1. The fourth-order valence-electron chi connectivity index (χ4n) is 7.98. The first-order valence-electron chi connectivity index (χ1n) is 15.4. The van der Waals surface area contributed by atoms with Crippen LogP contribution in [0.15, 0.2) is 66.7 Å². The highest BCUT2D eigenvalue weighted by Gasteiger charge is 2.69. The van der Waals surface area contributed by atoms with Crippen molar-refractivity contribution in [3.8, 4) is 16.9 Å². The number of phenolic OH excluding ortho intramolecular Hbond substituents is 1. The van der Waals surface area contributed by atoms with Crippen LogP contribution in [0.5, 0.6) is 5.75 Å². The first kappa shape index (κ1) is 31.5. The lowest BCUT2D eigenvalue weighted by molar-refractivity contribution is -0.181. The van der Waals surface area contributed by atoms with E-state index in [9.17, 15) is 34.2 Å². The topological polar surface area (TPSA) is 158 Å². The molecule has 4 N–H and O–H groups in total. The Bertz CT molecular complexity index is 1770. The summed E-state index contributed by atoms with van der Waals surface area (Å²) in [6.45, 7) is 1.43. The summed E-state index contributed by atoms with van der Waals surface area (Å²) in [5.41, 5.74) is 7.02. The predicted molar refractivity (Wildman–Crippen MR) is 168 cm³/mol. The lowest BCUT2D eigenvalue weighted by atomic mass is 9.52. The molecule has 0 aromatic heterocycles. The third kappa shape index (κ3) is 4.97. The standard InChI is InChI=1S/C36H37N3O7/c1-38(2)30-25-16-22-15-24-23(21-11-7-10-20(14-21)18-39(3)17-19-8-5-4-6-9-19)12-13-26(40)28(24)31(41)27(22)33(43)36(25,46)34(44)29(32(30)42)35(37)45/h4-14,22,25,27,29-30,40,46H,15-18H2,1-3H3,(H2,37,45)/t22-,25-,27?,29?,30-,36-/m0/s1. The fraction of sp³-hybridized carbons (Fsp3) is 0.361. The zero-order chi connectivity index (χ0) is 33.1. The van der Waals surface area contributed by atoms with Crippen molar-refractivity contribution in [2.45, 2.75) is 37.6 Å². The molecule has 10 nitrogen and oxygen atoms in total. The van der Waals surface area contributed by atoms with Gasteiger partial charge in [-0.1, -0.05) is 54.6 Å². The second-order valence-electron chi connectivity index (χ2n) is 13.1. The zero-order valence-electron chi connectivity index (χ0n) is 26.0. The molecule has 10 heteroatoms. The number of ketones is 4. The van der Waals surface area contributed by atoms with Gasteiger partial charge in [0.15, 0.2) is 34.7 Å². The van der Waals surface area contributed by atoms with Crippen LogP contribution >= 0.6 is 0 Å². The molecule has 0 bridgehead atoms. The Morgan fingerprint density at radius 1 is 0.913 bits per heavy atom. The molecule has 0 aliphatic heterocycles. The molecule has 2 fully saturated rings. The molecule has 238 valence electrons. The van der Waals surface area contributed by atoms with Crippen LogP contribution in [0.1, 0.15) is 33.5 Å². The molecule has 3 aliphatic carbocycles. The first-order valence-corrected chi connectivity index (χ1v) is 15.4. The number of nitrogens with zero attached hydrogens (tertiary/aromatic N) is 2. The van der Waals surface area contributed by atoms with E-state index < -0.39 is 64.4 Å². The van der Waals surface area contributed by atoms with E-state index in [1.54, 1.807) is 20.2 Å². The molecule has 3 aromatic rings. The van der Waals surface area contributed by atoms with Crippen LogP contribution in [0.25, 0.3) is 11.1 Å². The molecule has 3 aliphatic rings. The number of carbonyl (C=O) groups is 5. The lowest BCUT2D eigenvalue weighted by Gasteiger charge is -2.52. The highest BCUT2D eigenvalue weighted by molar-refractivity contribution is 6.32. The van der Waals surface area contributed by atoms with Crippen molar-refractivity contribution in [2.75, 3.05) is 21.1 Å². The number of aliphatic hydroxyl groups is 1. The molecule has 0 radical (unpaired) electrons. The van der Waals surface area contributed by atoms with Gasteiger partial charge in [0.25, 0.3) is 0 Å². The van der Waals surface area contributed by atoms with Crippen molar-refractivity contribution in [2.24, 2.45) is 29.4 Å². The molecule has 0 spiro atoms. The SMILES string of the molecule is CN(Cc1ccccc1)Cc1cccc(-c2ccc(O)c3c2C[C@H]2C[C@H]4[C@H](N(C)C)C(=O)C(C(N)=O)C(=O)[C@@]4(O)C(=O)C2C3=O)c1. The molecule has 2 unspecified atom stereocenters. The van der Waals surface area contributed by atoms with Crippen molar-refractivity contribution in [1.82, 2.24) is 9.80 Å². The number of aromatic hydroxyl groups is 1. The Labute approximate surface area is 266 Å². The van der Waals surface area contributed by atoms with Gasteiger partial charge in [-0.25, -0.2) is 0 Å². The van der Waals surface area contributed by atoms with Gasteiger partial charge in [-0.3, -0.25) is 33.8 Å². The number of amides is 1. The van der Waals surface area contributed by atoms with Crippen LogP contribution in [-0.4, -0.2) is 81.8 Å². The van der Waals surface area contributed by atoms with Crippen molar-refractivity contribution in [3.05, 3.63) is 89.0 Å². The number of fused-ring (bicyclic) bond motifs is 3. The van der Waals surface area contributed by atoms with E-state index in [2.05, 4.69) is 17.0 Å². The molecule has 3 aromatic carbocycles. The van der Waals surface area contributed by atoms with E-state index >= 15 is 0 Å². The summed E-state index contributed by atoms with van der Waals surface area (Å²) in [6, 6.07) is 20.1. The van der Waals surface area contributed by atoms with Gasteiger partial charge in [-0.2, -0.15) is 0 Å². The average Bonchev–Trinajstić information content (AvgIpc) is 2.99. The van der Waals surface area contributed by atoms with Gasteiger partial charge in [-0.05, 0) is 79.9 Å². The Morgan fingerprint density at radius 3 is 2.26 bits per heavy atom. The van der Waals surface area contributed by atoms with Gasteiger partial charge >= 0.3 is 0 Å². The van der Waals surface area contributed by atoms with Crippen LogP contribution in [0, 0.1) is 23.7 Å². The number of primary amides is 1. The number of Topliss-reactive ketones (excluding diaryl/α,β-unsaturated/α-hetero) is 4. The summed E-state index contributed by atoms with van der Waals surface area (Å²) < 4.78 is 0. The normalized spacial score (nSPS) is 27.4. The lowest BCUT2D eigenvalue weighted by Crippen LogP contribution is -2.74. The molecule has 46 heavy (non-hydrogen) atoms. The maximum absolute atomic E-state index is 14.1. The number of phenols is 1. The number of benzene rings is 3. The highest BCUT2D eigenvalue weighted by atomic mass is 16.3. The molecule has 0 saturated heterocycles.